The van der Waals surface area contributed by atoms with E-state index in [0.717, 1.165) is 30.7 Å². The number of hydrogen-bond donors (Lipinski definition) is 0. The minimum Gasteiger partial charge on any atom is -0.469 e. The van der Waals surface area contributed by atoms with E-state index in [1.165, 1.54) is 7.11 Å². The van der Waals surface area contributed by atoms with E-state index < -0.39 is 10.8 Å². The van der Waals surface area contributed by atoms with Gasteiger partial charge in [-0.1, -0.05) is 6.92 Å². The molecule has 0 aliphatic heterocycles. The van der Waals surface area contributed by atoms with E-state index in [0.29, 0.717) is 17.9 Å². The lowest BCUT2D eigenvalue weighted by molar-refractivity contribution is -0.141. The maximum atomic E-state index is 12.3. The first-order valence-electron chi connectivity index (χ1n) is 6.91. The van der Waals surface area contributed by atoms with Gasteiger partial charge < -0.3 is 4.74 Å². The molecule has 112 valence electrons. The molecule has 1 aliphatic rings. The molecule has 0 N–H and O–H groups in total. The van der Waals surface area contributed by atoms with E-state index in [9.17, 15) is 9.00 Å². The predicted molar refractivity (Wildman–Crippen MR) is 77.6 cm³/mol. The fraction of sp³-hybridized carbons (Fsp3) is 0.714. The molecule has 5 nitrogen and oxygen atoms in total. The highest BCUT2D eigenvalue weighted by atomic mass is 32.2. The standard InChI is InChI=1S/C14H22N2O3S/c1-4-11-7-12(16(2)15-11)9-20(18)10-14(5-6-14)8-13(17)19-3/h7H,4-6,8-10H2,1-3H3. The molecule has 0 bridgehead atoms. The lowest BCUT2D eigenvalue weighted by Crippen LogP contribution is -2.19. The minimum atomic E-state index is -0.964. The Hall–Kier alpha value is -1.17. The number of hydrogen-bond acceptors (Lipinski definition) is 4. The van der Waals surface area contributed by atoms with Crippen LogP contribution in [0.5, 0.6) is 0 Å². The number of carbonyl (C=O) groups excluding carboxylic acids is 1. The van der Waals surface area contributed by atoms with Crippen LogP contribution >= 0.6 is 0 Å². The monoisotopic (exact) mass is 298 g/mol. The number of aryl methyl sites for hydroxylation is 2. The number of carbonyl (C=O) groups is 1. The molecule has 1 saturated carbocycles. The molecule has 1 heterocycles. The third-order valence-electron chi connectivity index (χ3n) is 3.87. The van der Waals surface area contributed by atoms with Gasteiger partial charge in [0.2, 0.25) is 0 Å². The third-order valence-corrected chi connectivity index (χ3v) is 5.42. The predicted octanol–water partition coefficient (Wildman–Crippen LogP) is 1.57. The van der Waals surface area contributed by atoms with E-state index in [2.05, 4.69) is 12.0 Å². The normalized spacial score (nSPS) is 17.8. The Balaban J connectivity index is 1.92. The Morgan fingerprint density at radius 2 is 2.25 bits per heavy atom. The lowest BCUT2D eigenvalue weighted by Gasteiger charge is -2.13. The largest absolute Gasteiger partial charge is 0.469 e. The molecule has 0 saturated heterocycles. The van der Waals surface area contributed by atoms with Crippen molar-refractivity contribution in [3.8, 4) is 0 Å². The number of rotatable bonds is 7. The molecule has 1 unspecified atom stereocenters. The SMILES string of the molecule is CCc1cc(CS(=O)CC2(CC(=O)OC)CC2)n(C)n1. The van der Waals surface area contributed by atoms with Crippen LogP contribution < -0.4 is 0 Å². The van der Waals surface area contributed by atoms with Crippen LogP contribution in [0.2, 0.25) is 0 Å². The number of esters is 1. The molecule has 0 spiro atoms. The first kappa shape index (κ1) is 15.2. The Bertz CT molecular complexity index is 520. The van der Waals surface area contributed by atoms with E-state index in [-0.39, 0.29) is 11.4 Å². The summed E-state index contributed by atoms with van der Waals surface area (Å²) in [6, 6.07) is 2.01. The molecule has 2 rings (SSSR count). The summed E-state index contributed by atoms with van der Waals surface area (Å²) in [6.07, 6.45) is 3.21. The number of methoxy groups -OCH3 is 1. The van der Waals surface area contributed by atoms with E-state index in [4.69, 9.17) is 4.74 Å². The zero-order valence-electron chi connectivity index (χ0n) is 12.3. The molecular weight excluding hydrogens is 276 g/mol. The van der Waals surface area contributed by atoms with Gasteiger partial charge in [-0.15, -0.1) is 0 Å². The van der Waals surface area contributed by atoms with Crippen molar-refractivity contribution in [1.82, 2.24) is 9.78 Å². The zero-order valence-corrected chi connectivity index (χ0v) is 13.2. The van der Waals surface area contributed by atoms with Gasteiger partial charge >= 0.3 is 5.97 Å². The fourth-order valence-electron chi connectivity index (χ4n) is 2.36. The van der Waals surface area contributed by atoms with E-state index in [1.54, 1.807) is 4.68 Å². The van der Waals surface area contributed by atoms with Gasteiger partial charge in [0.25, 0.3) is 0 Å². The van der Waals surface area contributed by atoms with Crippen LogP contribution in [0.25, 0.3) is 0 Å². The van der Waals surface area contributed by atoms with Gasteiger partial charge in [-0.05, 0) is 30.7 Å². The highest BCUT2D eigenvalue weighted by Gasteiger charge is 2.45. The first-order valence-corrected chi connectivity index (χ1v) is 8.40. The molecule has 1 atom stereocenters. The fourth-order valence-corrected chi connectivity index (χ4v) is 4.14. The van der Waals surface area contributed by atoms with Crippen molar-refractivity contribution in [3.05, 3.63) is 17.5 Å². The van der Waals surface area contributed by atoms with Gasteiger partial charge in [-0.2, -0.15) is 5.10 Å². The second-order valence-electron chi connectivity index (χ2n) is 5.59. The molecule has 1 aliphatic carbocycles. The molecule has 1 aromatic heterocycles. The second kappa shape index (κ2) is 6.08. The van der Waals surface area contributed by atoms with Crippen LogP contribution in [0, 0.1) is 5.41 Å². The quantitative estimate of drug-likeness (QED) is 0.717. The Kier molecular flexibility index (Phi) is 4.62. The van der Waals surface area contributed by atoms with E-state index >= 15 is 0 Å². The highest BCUT2D eigenvalue weighted by molar-refractivity contribution is 7.84. The van der Waals surface area contributed by atoms with Crippen LogP contribution in [0.1, 0.15) is 37.6 Å². The molecule has 0 amide bonds. The van der Waals surface area contributed by atoms with Gasteiger partial charge in [0, 0.05) is 23.6 Å². The molecule has 6 heteroatoms. The number of ether oxygens (including phenoxy) is 1. The highest BCUT2D eigenvalue weighted by Crippen LogP contribution is 2.49. The number of nitrogens with zero attached hydrogens (tertiary/aromatic N) is 2. The Morgan fingerprint density at radius 3 is 2.75 bits per heavy atom. The van der Waals surface area contributed by atoms with Crippen molar-refractivity contribution in [3.63, 3.8) is 0 Å². The van der Waals surface area contributed by atoms with Gasteiger partial charge in [0.1, 0.15) is 0 Å². The summed E-state index contributed by atoms with van der Waals surface area (Å²) < 4.78 is 18.8. The lowest BCUT2D eigenvalue weighted by atomic mass is 10.1. The van der Waals surface area contributed by atoms with Crippen molar-refractivity contribution in [2.45, 2.75) is 38.4 Å². The van der Waals surface area contributed by atoms with Crippen LogP contribution in [0.3, 0.4) is 0 Å². The molecular formula is C14H22N2O3S. The van der Waals surface area contributed by atoms with E-state index in [1.807, 2.05) is 13.1 Å². The summed E-state index contributed by atoms with van der Waals surface area (Å²) in [5, 5.41) is 4.36. The maximum Gasteiger partial charge on any atom is 0.306 e. The van der Waals surface area contributed by atoms with Crippen molar-refractivity contribution < 1.29 is 13.7 Å². The smallest absolute Gasteiger partial charge is 0.306 e. The van der Waals surface area contributed by atoms with Crippen LogP contribution in [0.4, 0.5) is 0 Å². The summed E-state index contributed by atoms with van der Waals surface area (Å²) in [6.45, 7) is 2.05. The van der Waals surface area contributed by atoms with Crippen LogP contribution in [-0.2, 0) is 39.6 Å². The topological polar surface area (TPSA) is 61.2 Å². The first-order chi connectivity index (χ1) is 9.48. The van der Waals surface area contributed by atoms with Crippen molar-refractivity contribution >= 4 is 16.8 Å². The van der Waals surface area contributed by atoms with Crippen molar-refractivity contribution in [2.24, 2.45) is 12.5 Å². The molecule has 1 fully saturated rings. The van der Waals surface area contributed by atoms with Crippen molar-refractivity contribution in [2.75, 3.05) is 12.9 Å². The molecule has 20 heavy (non-hydrogen) atoms. The molecule has 0 radical (unpaired) electrons. The molecule has 1 aromatic rings. The van der Waals surface area contributed by atoms with Crippen LogP contribution in [-0.4, -0.2) is 32.8 Å². The summed E-state index contributed by atoms with van der Waals surface area (Å²) in [7, 11) is 2.32. The van der Waals surface area contributed by atoms with Gasteiger partial charge in [-0.25, -0.2) is 0 Å². The van der Waals surface area contributed by atoms with Crippen molar-refractivity contribution in [1.29, 1.82) is 0 Å². The minimum absolute atomic E-state index is 0.0792. The van der Waals surface area contributed by atoms with Gasteiger partial charge in [0.05, 0.1) is 30.7 Å². The Morgan fingerprint density at radius 1 is 1.55 bits per heavy atom. The average molecular weight is 298 g/mol. The average Bonchev–Trinajstić information content (AvgIpc) is 3.05. The summed E-state index contributed by atoms with van der Waals surface area (Å²) in [4.78, 5) is 11.4. The second-order valence-corrected chi connectivity index (χ2v) is 7.04. The zero-order chi connectivity index (χ0) is 14.8. The summed E-state index contributed by atoms with van der Waals surface area (Å²) >= 11 is 0. The summed E-state index contributed by atoms with van der Waals surface area (Å²) in [5.41, 5.74) is 1.94. The number of aromatic nitrogens is 2. The maximum absolute atomic E-state index is 12.3. The molecule has 0 aromatic carbocycles. The third kappa shape index (κ3) is 3.69. The Labute approximate surface area is 122 Å². The van der Waals surface area contributed by atoms with Crippen LogP contribution in [0.15, 0.2) is 6.07 Å². The van der Waals surface area contributed by atoms with Gasteiger partial charge in [-0.3, -0.25) is 13.7 Å². The summed E-state index contributed by atoms with van der Waals surface area (Å²) in [5.74, 6) is 0.884. The van der Waals surface area contributed by atoms with Gasteiger partial charge in [0.15, 0.2) is 0 Å².